The van der Waals surface area contributed by atoms with Crippen LogP contribution in [0.3, 0.4) is 0 Å². The van der Waals surface area contributed by atoms with Crippen molar-refractivity contribution in [3.05, 3.63) is 88.3 Å². The maximum atomic E-state index is 12.5. The van der Waals surface area contributed by atoms with Crippen LogP contribution in [0.5, 0.6) is 5.75 Å². The lowest BCUT2D eigenvalue weighted by atomic mass is 10.1. The molecule has 0 saturated heterocycles. The zero-order valence-electron chi connectivity index (χ0n) is 14.7. The summed E-state index contributed by atoms with van der Waals surface area (Å²) in [5.41, 5.74) is 0.710. The molecule has 27 heavy (non-hydrogen) atoms. The highest BCUT2D eigenvalue weighted by Crippen LogP contribution is 2.23. The van der Waals surface area contributed by atoms with Crippen molar-refractivity contribution in [2.24, 2.45) is 0 Å². The van der Waals surface area contributed by atoms with Gasteiger partial charge in [0.2, 0.25) is 0 Å². The van der Waals surface area contributed by atoms with Gasteiger partial charge in [0.15, 0.2) is 6.61 Å². The Morgan fingerprint density at radius 1 is 1.15 bits per heavy atom. The molecule has 0 fully saturated rings. The number of nitrogens with one attached hydrogen (secondary N) is 1. The molecule has 5 nitrogen and oxygen atoms in total. The quantitative estimate of drug-likeness (QED) is 0.636. The van der Waals surface area contributed by atoms with Crippen LogP contribution < -0.4 is 15.6 Å². The fourth-order valence-corrected chi connectivity index (χ4v) is 2.93. The van der Waals surface area contributed by atoms with E-state index in [0.29, 0.717) is 34.6 Å². The molecule has 0 spiro atoms. The molecule has 0 atom stereocenters. The van der Waals surface area contributed by atoms with E-state index < -0.39 is 0 Å². The molecule has 0 aliphatic heterocycles. The molecule has 0 saturated carbocycles. The van der Waals surface area contributed by atoms with Gasteiger partial charge in [-0.15, -0.1) is 6.58 Å². The van der Waals surface area contributed by atoms with Crippen LogP contribution in [0.2, 0.25) is 5.02 Å². The van der Waals surface area contributed by atoms with Crippen LogP contribution in [0.25, 0.3) is 10.8 Å². The molecule has 1 amide bonds. The van der Waals surface area contributed by atoms with Crippen LogP contribution in [0.1, 0.15) is 5.56 Å². The topological polar surface area (TPSA) is 60.3 Å². The van der Waals surface area contributed by atoms with Crippen molar-refractivity contribution in [2.75, 3.05) is 6.61 Å². The number of hydrogen-bond donors (Lipinski definition) is 1. The number of rotatable bonds is 7. The van der Waals surface area contributed by atoms with Crippen LogP contribution in [-0.4, -0.2) is 17.1 Å². The minimum Gasteiger partial charge on any atom is -0.483 e. The van der Waals surface area contributed by atoms with Crippen molar-refractivity contribution in [3.8, 4) is 5.75 Å². The number of amides is 1. The second-order valence-corrected chi connectivity index (χ2v) is 6.34. The molecule has 0 aliphatic rings. The van der Waals surface area contributed by atoms with Crippen LogP contribution in [-0.2, 0) is 17.9 Å². The van der Waals surface area contributed by atoms with Crippen LogP contribution in [0, 0.1) is 0 Å². The van der Waals surface area contributed by atoms with Gasteiger partial charge in [-0.3, -0.25) is 9.59 Å². The molecule has 0 radical (unpaired) electrons. The highest BCUT2D eigenvalue weighted by molar-refractivity contribution is 6.31. The molecule has 0 unspecified atom stereocenters. The smallest absolute Gasteiger partial charge is 0.258 e. The number of nitrogens with zero attached hydrogens (tertiary/aromatic N) is 1. The zero-order valence-corrected chi connectivity index (χ0v) is 15.4. The number of benzene rings is 2. The van der Waals surface area contributed by atoms with E-state index >= 15 is 0 Å². The van der Waals surface area contributed by atoms with Crippen molar-refractivity contribution >= 4 is 28.3 Å². The average Bonchev–Trinajstić information content (AvgIpc) is 2.68. The van der Waals surface area contributed by atoms with Crippen molar-refractivity contribution in [3.63, 3.8) is 0 Å². The first-order chi connectivity index (χ1) is 13.1. The SMILES string of the molecule is C=CCn1ccc2c(OCC(=O)NCc3ccccc3Cl)cccc2c1=O. The third kappa shape index (κ3) is 4.38. The monoisotopic (exact) mass is 382 g/mol. The summed E-state index contributed by atoms with van der Waals surface area (Å²) in [5, 5.41) is 4.57. The van der Waals surface area contributed by atoms with Crippen molar-refractivity contribution < 1.29 is 9.53 Å². The number of carbonyl (C=O) groups excluding carboxylic acids is 1. The number of carbonyl (C=O) groups is 1. The number of ether oxygens (including phenoxy) is 1. The summed E-state index contributed by atoms with van der Waals surface area (Å²) in [6.07, 6.45) is 3.35. The lowest BCUT2D eigenvalue weighted by Crippen LogP contribution is -2.28. The molecule has 1 aromatic heterocycles. The molecular weight excluding hydrogens is 364 g/mol. The first-order valence-electron chi connectivity index (χ1n) is 8.46. The minimum atomic E-state index is -0.271. The molecule has 6 heteroatoms. The second kappa shape index (κ2) is 8.56. The van der Waals surface area contributed by atoms with Crippen LogP contribution in [0.15, 0.2) is 72.2 Å². The highest BCUT2D eigenvalue weighted by atomic mass is 35.5. The molecule has 3 aromatic rings. The Hall–Kier alpha value is -3.05. The van der Waals surface area contributed by atoms with Gasteiger partial charge < -0.3 is 14.6 Å². The number of halogens is 1. The lowest BCUT2D eigenvalue weighted by Gasteiger charge is -2.11. The predicted octanol–water partition coefficient (Wildman–Crippen LogP) is 3.54. The second-order valence-electron chi connectivity index (χ2n) is 5.94. The number of pyridine rings is 1. The van der Waals surface area contributed by atoms with Gasteiger partial charge in [0.25, 0.3) is 11.5 Å². The number of allylic oxidation sites excluding steroid dienone is 1. The van der Waals surface area contributed by atoms with Gasteiger partial charge in [0.05, 0.1) is 5.39 Å². The summed E-state index contributed by atoms with van der Waals surface area (Å²) in [6, 6.07) is 14.3. The van der Waals surface area contributed by atoms with Crippen LogP contribution in [0.4, 0.5) is 0 Å². The Morgan fingerprint density at radius 3 is 2.74 bits per heavy atom. The van der Waals surface area contributed by atoms with E-state index in [2.05, 4.69) is 11.9 Å². The molecule has 1 heterocycles. The largest absolute Gasteiger partial charge is 0.483 e. The molecular formula is C21H19ClN2O3. The van der Waals surface area contributed by atoms with Gasteiger partial charge in [0.1, 0.15) is 5.75 Å². The standard InChI is InChI=1S/C21H19ClN2O3/c1-2-11-24-12-10-16-17(21(24)26)7-5-9-19(16)27-14-20(25)23-13-15-6-3-4-8-18(15)22/h2-10,12H,1,11,13-14H2,(H,23,25). The molecule has 1 N–H and O–H groups in total. The van der Waals surface area contributed by atoms with E-state index in [1.54, 1.807) is 47.2 Å². The van der Waals surface area contributed by atoms with E-state index in [4.69, 9.17) is 16.3 Å². The summed E-state index contributed by atoms with van der Waals surface area (Å²) in [5.74, 6) is 0.218. The van der Waals surface area contributed by atoms with Crippen molar-refractivity contribution in [1.82, 2.24) is 9.88 Å². The third-order valence-electron chi connectivity index (χ3n) is 4.10. The fourth-order valence-electron chi connectivity index (χ4n) is 2.73. The summed E-state index contributed by atoms with van der Waals surface area (Å²) < 4.78 is 7.21. The van der Waals surface area contributed by atoms with Crippen molar-refractivity contribution in [1.29, 1.82) is 0 Å². The van der Waals surface area contributed by atoms with E-state index in [9.17, 15) is 9.59 Å². The van der Waals surface area contributed by atoms with E-state index in [1.807, 2.05) is 18.2 Å². The molecule has 3 rings (SSSR count). The van der Waals surface area contributed by atoms with E-state index in [1.165, 1.54) is 0 Å². The van der Waals surface area contributed by atoms with Gasteiger partial charge in [-0.2, -0.15) is 0 Å². The Morgan fingerprint density at radius 2 is 1.96 bits per heavy atom. The molecule has 138 valence electrons. The van der Waals surface area contributed by atoms with Crippen molar-refractivity contribution in [2.45, 2.75) is 13.1 Å². The van der Waals surface area contributed by atoms with Gasteiger partial charge in [-0.1, -0.05) is 41.9 Å². The average molecular weight is 383 g/mol. The van der Waals surface area contributed by atoms with Gasteiger partial charge >= 0.3 is 0 Å². The highest BCUT2D eigenvalue weighted by Gasteiger charge is 2.09. The fraction of sp³-hybridized carbons (Fsp3) is 0.143. The maximum Gasteiger partial charge on any atom is 0.258 e. The van der Waals surface area contributed by atoms with Gasteiger partial charge in [0, 0.05) is 29.7 Å². The third-order valence-corrected chi connectivity index (χ3v) is 4.47. The first-order valence-corrected chi connectivity index (χ1v) is 8.84. The Bertz CT molecular complexity index is 1040. The van der Waals surface area contributed by atoms with Gasteiger partial charge in [-0.05, 0) is 29.8 Å². The molecule has 0 aliphatic carbocycles. The lowest BCUT2D eigenvalue weighted by molar-refractivity contribution is -0.123. The number of hydrogen-bond acceptors (Lipinski definition) is 3. The number of fused-ring (bicyclic) bond motifs is 1. The zero-order chi connectivity index (χ0) is 19.2. The van der Waals surface area contributed by atoms with E-state index in [0.717, 1.165) is 5.56 Å². The summed E-state index contributed by atoms with van der Waals surface area (Å²) in [6.45, 7) is 4.26. The van der Waals surface area contributed by atoms with E-state index in [-0.39, 0.29) is 18.1 Å². The van der Waals surface area contributed by atoms with Crippen LogP contribution >= 0.6 is 11.6 Å². The Labute approximate surface area is 161 Å². The Kier molecular flexibility index (Phi) is 5.94. The maximum absolute atomic E-state index is 12.5. The minimum absolute atomic E-state index is 0.124. The molecule has 2 aromatic carbocycles. The summed E-state index contributed by atoms with van der Waals surface area (Å²) in [7, 11) is 0. The Balaban J connectivity index is 1.69. The number of aromatic nitrogens is 1. The van der Waals surface area contributed by atoms with Gasteiger partial charge in [-0.25, -0.2) is 0 Å². The summed E-state index contributed by atoms with van der Waals surface area (Å²) in [4.78, 5) is 24.6. The molecule has 0 bridgehead atoms. The normalized spacial score (nSPS) is 10.6. The predicted molar refractivity (Wildman–Crippen MR) is 107 cm³/mol. The first kappa shape index (κ1) is 18.7. The summed E-state index contributed by atoms with van der Waals surface area (Å²) >= 11 is 6.08.